The Hall–Kier alpha value is -1.37. The highest BCUT2D eigenvalue weighted by molar-refractivity contribution is 5.31. The van der Waals surface area contributed by atoms with E-state index in [1.807, 2.05) is 24.3 Å². The summed E-state index contributed by atoms with van der Waals surface area (Å²) >= 11 is 0. The van der Waals surface area contributed by atoms with Gasteiger partial charge in [-0.1, -0.05) is 12.1 Å². The number of nitrogens with one attached hydrogen (secondary N) is 1. The van der Waals surface area contributed by atoms with Crippen molar-refractivity contribution in [2.75, 3.05) is 13.2 Å². The average molecular weight is 230 g/mol. The lowest BCUT2D eigenvalue weighted by Gasteiger charge is -2.10. The molecule has 0 spiro atoms. The van der Waals surface area contributed by atoms with Crippen LogP contribution in [0.4, 0.5) is 0 Å². The van der Waals surface area contributed by atoms with Crippen LogP contribution in [-0.4, -0.2) is 19.3 Å². The second kappa shape index (κ2) is 6.39. The van der Waals surface area contributed by atoms with Gasteiger partial charge in [0.15, 0.2) is 0 Å². The Bertz CT molecular complexity index is 374. The van der Waals surface area contributed by atoms with Gasteiger partial charge in [-0.3, -0.25) is 0 Å². The number of hydrogen-bond donors (Lipinski definition) is 1. The van der Waals surface area contributed by atoms with Crippen LogP contribution in [0.2, 0.25) is 0 Å². The van der Waals surface area contributed by atoms with E-state index in [1.165, 1.54) is 18.4 Å². The van der Waals surface area contributed by atoms with Gasteiger partial charge in [-0.2, -0.15) is 5.26 Å². The molecule has 1 heterocycles. The third-order valence-electron chi connectivity index (χ3n) is 3.08. The second-order valence-electron chi connectivity index (χ2n) is 4.41. The molecule has 1 atom stereocenters. The van der Waals surface area contributed by atoms with E-state index in [4.69, 9.17) is 10.00 Å². The fraction of sp³-hybridized carbons (Fsp3) is 0.500. The lowest BCUT2D eigenvalue weighted by Crippen LogP contribution is -2.19. The molecule has 1 unspecified atom stereocenters. The molecule has 0 aliphatic carbocycles. The van der Waals surface area contributed by atoms with Crippen LogP contribution in [-0.2, 0) is 11.3 Å². The van der Waals surface area contributed by atoms with Crippen molar-refractivity contribution in [3.8, 4) is 6.07 Å². The van der Waals surface area contributed by atoms with Crippen molar-refractivity contribution in [1.82, 2.24) is 5.32 Å². The number of rotatable bonds is 5. The van der Waals surface area contributed by atoms with E-state index in [0.717, 1.165) is 26.1 Å². The number of hydrogen-bond acceptors (Lipinski definition) is 3. The Labute approximate surface area is 102 Å². The molecule has 3 heteroatoms. The van der Waals surface area contributed by atoms with Crippen LogP contribution < -0.4 is 5.32 Å². The molecule has 3 nitrogen and oxygen atoms in total. The number of nitriles is 1. The van der Waals surface area contributed by atoms with Crippen LogP contribution in [0, 0.1) is 11.3 Å². The zero-order valence-electron chi connectivity index (χ0n) is 9.98. The molecule has 1 aliphatic heterocycles. The fourth-order valence-electron chi connectivity index (χ4n) is 2.06. The van der Waals surface area contributed by atoms with Crippen molar-refractivity contribution in [1.29, 1.82) is 5.26 Å². The first kappa shape index (κ1) is 12.1. The molecule has 1 aliphatic rings. The summed E-state index contributed by atoms with van der Waals surface area (Å²) in [5, 5.41) is 12.1. The van der Waals surface area contributed by atoms with Gasteiger partial charge in [-0.15, -0.1) is 0 Å². The molecule has 1 aromatic rings. The topological polar surface area (TPSA) is 45.0 Å². The van der Waals surface area contributed by atoms with Crippen LogP contribution in [0.25, 0.3) is 0 Å². The van der Waals surface area contributed by atoms with Gasteiger partial charge in [0.25, 0.3) is 0 Å². The minimum atomic E-state index is 0.462. The van der Waals surface area contributed by atoms with Crippen molar-refractivity contribution >= 4 is 0 Å². The summed E-state index contributed by atoms with van der Waals surface area (Å²) in [4.78, 5) is 0. The van der Waals surface area contributed by atoms with Crippen LogP contribution in [0.15, 0.2) is 24.3 Å². The van der Waals surface area contributed by atoms with Crippen molar-refractivity contribution in [2.24, 2.45) is 0 Å². The van der Waals surface area contributed by atoms with E-state index in [-0.39, 0.29) is 0 Å². The molecule has 1 aromatic carbocycles. The van der Waals surface area contributed by atoms with E-state index in [0.29, 0.717) is 11.7 Å². The van der Waals surface area contributed by atoms with Gasteiger partial charge in [-0.25, -0.2) is 0 Å². The molecular formula is C14H18N2O. The predicted octanol–water partition coefficient (Wildman–Crippen LogP) is 2.22. The summed E-state index contributed by atoms with van der Waals surface area (Å²) in [6, 6.07) is 9.83. The molecule has 2 rings (SSSR count). The smallest absolute Gasteiger partial charge is 0.0991 e. The number of ether oxygens (including phenoxy) is 1. The first-order valence-corrected chi connectivity index (χ1v) is 6.20. The molecule has 0 radical (unpaired) electrons. The third-order valence-corrected chi connectivity index (χ3v) is 3.08. The maximum Gasteiger partial charge on any atom is 0.0991 e. The third kappa shape index (κ3) is 3.85. The van der Waals surface area contributed by atoms with Crippen LogP contribution >= 0.6 is 0 Å². The minimum Gasteiger partial charge on any atom is -0.378 e. The molecule has 1 fully saturated rings. The maximum atomic E-state index is 8.68. The molecule has 1 saturated heterocycles. The van der Waals surface area contributed by atoms with E-state index >= 15 is 0 Å². The first-order chi connectivity index (χ1) is 8.38. The zero-order chi connectivity index (χ0) is 11.9. The Morgan fingerprint density at radius 3 is 2.82 bits per heavy atom. The van der Waals surface area contributed by atoms with Gasteiger partial charge in [0.2, 0.25) is 0 Å². The predicted molar refractivity (Wildman–Crippen MR) is 66.5 cm³/mol. The average Bonchev–Trinajstić information content (AvgIpc) is 2.88. The van der Waals surface area contributed by atoms with E-state index in [9.17, 15) is 0 Å². The minimum absolute atomic E-state index is 0.462. The molecule has 0 saturated carbocycles. The summed E-state index contributed by atoms with van der Waals surface area (Å²) in [5.41, 5.74) is 1.93. The van der Waals surface area contributed by atoms with E-state index in [2.05, 4.69) is 11.4 Å². The van der Waals surface area contributed by atoms with E-state index < -0.39 is 0 Å². The highest BCUT2D eigenvalue weighted by atomic mass is 16.5. The largest absolute Gasteiger partial charge is 0.378 e. The summed E-state index contributed by atoms with van der Waals surface area (Å²) in [7, 11) is 0. The lowest BCUT2D eigenvalue weighted by molar-refractivity contribution is 0.104. The highest BCUT2D eigenvalue weighted by Crippen LogP contribution is 2.14. The lowest BCUT2D eigenvalue weighted by atomic mass is 10.1. The Kier molecular flexibility index (Phi) is 4.54. The Balaban J connectivity index is 1.65. The zero-order valence-corrected chi connectivity index (χ0v) is 9.98. The fourth-order valence-corrected chi connectivity index (χ4v) is 2.06. The van der Waals surface area contributed by atoms with Crippen LogP contribution in [0.1, 0.15) is 30.4 Å². The molecular weight excluding hydrogens is 212 g/mol. The van der Waals surface area contributed by atoms with Crippen molar-refractivity contribution in [3.05, 3.63) is 35.4 Å². The van der Waals surface area contributed by atoms with Gasteiger partial charge in [0.05, 0.1) is 17.7 Å². The molecule has 0 aromatic heterocycles. The first-order valence-electron chi connectivity index (χ1n) is 6.20. The maximum absolute atomic E-state index is 8.68. The number of benzene rings is 1. The van der Waals surface area contributed by atoms with Gasteiger partial charge >= 0.3 is 0 Å². The quantitative estimate of drug-likeness (QED) is 0.789. The van der Waals surface area contributed by atoms with Crippen molar-refractivity contribution in [2.45, 2.75) is 31.9 Å². The Morgan fingerprint density at radius 1 is 1.35 bits per heavy atom. The van der Waals surface area contributed by atoms with Crippen molar-refractivity contribution in [3.63, 3.8) is 0 Å². The summed E-state index contributed by atoms with van der Waals surface area (Å²) in [6.07, 6.45) is 3.97. The van der Waals surface area contributed by atoms with Crippen molar-refractivity contribution < 1.29 is 4.74 Å². The normalized spacial score (nSPS) is 19.1. The summed E-state index contributed by atoms with van der Waals surface area (Å²) in [6.45, 7) is 2.78. The summed E-state index contributed by atoms with van der Waals surface area (Å²) < 4.78 is 5.56. The van der Waals surface area contributed by atoms with Gasteiger partial charge in [-0.05, 0) is 43.5 Å². The molecule has 90 valence electrons. The molecule has 1 N–H and O–H groups in total. The van der Waals surface area contributed by atoms with Crippen LogP contribution in [0.5, 0.6) is 0 Å². The highest BCUT2D eigenvalue weighted by Gasteiger charge is 2.14. The van der Waals surface area contributed by atoms with Crippen LogP contribution in [0.3, 0.4) is 0 Å². The SMILES string of the molecule is N#Cc1ccc(CNCCC2CCCO2)cc1. The molecule has 0 bridgehead atoms. The van der Waals surface area contributed by atoms with Gasteiger partial charge in [0, 0.05) is 13.2 Å². The standard InChI is InChI=1S/C14H18N2O/c15-10-12-3-5-13(6-4-12)11-16-8-7-14-2-1-9-17-14/h3-6,14,16H,1-2,7-9,11H2. The number of nitrogens with zero attached hydrogens (tertiary/aromatic N) is 1. The Morgan fingerprint density at radius 2 is 2.18 bits per heavy atom. The molecule has 0 amide bonds. The van der Waals surface area contributed by atoms with E-state index in [1.54, 1.807) is 0 Å². The van der Waals surface area contributed by atoms with Gasteiger partial charge < -0.3 is 10.1 Å². The monoisotopic (exact) mass is 230 g/mol. The van der Waals surface area contributed by atoms with Gasteiger partial charge in [0.1, 0.15) is 0 Å². The molecule has 17 heavy (non-hydrogen) atoms. The second-order valence-corrected chi connectivity index (χ2v) is 4.41. The summed E-state index contributed by atoms with van der Waals surface area (Å²) in [5.74, 6) is 0.